The molecule has 4 rings (SSSR count). The third-order valence-corrected chi connectivity index (χ3v) is 7.32. The van der Waals surface area contributed by atoms with Crippen LogP contribution in [0.15, 0.2) is 91.0 Å². The van der Waals surface area contributed by atoms with E-state index in [1.807, 2.05) is 86.6 Å². The van der Waals surface area contributed by atoms with E-state index in [9.17, 15) is 9.59 Å². The zero-order valence-corrected chi connectivity index (χ0v) is 23.6. The fourth-order valence-electron chi connectivity index (χ4n) is 4.37. The van der Waals surface area contributed by atoms with E-state index in [0.29, 0.717) is 27.8 Å². The van der Waals surface area contributed by atoms with E-state index in [-0.39, 0.29) is 31.0 Å². The number of nitrogens with one attached hydrogen (secondary N) is 1. The second-order valence-corrected chi connectivity index (χ2v) is 10.4. The van der Waals surface area contributed by atoms with E-state index >= 15 is 0 Å². The van der Waals surface area contributed by atoms with Crippen LogP contribution in [-0.2, 0) is 22.6 Å². The van der Waals surface area contributed by atoms with Crippen molar-refractivity contribution >= 4 is 45.8 Å². The molecule has 1 N–H and O–H groups in total. The summed E-state index contributed by atoms with van der Waals surface area (Å²) in [7, 11) is 0. The van der Waals surface area contributed by atoms with E-state index in [1.54, 1.807) is 23.1 Å². The van der Waals surface area contributed by atoms with Crippen molar-refractivity contribution < 1.29 is 14.3 Å². The zero-order valence-electron chi connectivity index (χ0n) is 22.1. The number of carbonyl (C=O) groups is 2. The molecule has 4 aromatic carbocycles. The fourth-order valence-corrected chi connectivity index (χ4v) is 4.84. The molecule has 5 nitrogen and oxygen atoms in total. The van der Waals surface area contributed by atoms with E-state index < -0.39 is 6.04 Å². The Morgan fingerprint density at radius 1 is 0.923 bits per heavy atom. The molecule has 4 aromatic rings. The zero-order chi connectivity index (χ0) is 27.8. The summed E-state index contributed by atoms with van der Waals surface area (Å²) < 4.78 is 6.05. The Balaban J connectivity index is 1.67. The minimum absolute atomic E-state index is 0.0428. The van der Waals surface area contributed by atoms with Crippen LogP contribution in [0.2, 0.25) is 10.0 Å². The maximum Gasteiger partial charge on any atom is 0.261 e. The monoisotopic (exact) mass is 562 g/mol. The lowest BCUT2D eigenvalue weighted by Gasteiger charge is -2.32. The Morgan fingerprint density at radius 3 is 2.38 bits per heavy atom. The minimum Gasteiger partial charge on any atom is -0.483 e. The second kappa shape index (κ2) is 13.5. The average molecular weight is 564 g/mol. The first-order chi connectivity index (χ1) is 18.9. The molecule has 0 fully saturated rings. The Bertz CT molecular complexity index is 1420. The van der Waals surface area contributed by atoms with Crippen molar-refractivity contribution in [1.29, 1.82) is 0 Å². The third-order valence-electron chi connectivity index (χ3n) is 6.73. The van der Waals surface area contributed by atoms with Gasteiger partial charge in [-0.1, -0.05) is 103 Å². The van der Waals surface area contributed by atoms with Gasteiger partial charge in [-0.15, -0.1) is 0 Å². The van der Waals surface area contributed by atoms with Crippen molar-refractivity contribution in [2.75, 3.05) is 6.61 Å². The van der Waals surface area contributed by atoms with Crippen molar-refractivity contribution in [2.24, 2.45) is 0 Å². The van der Waals surface area contributed by atoms with Crippen LogP contribution in [0.25, 0.3) is 10.8 Å². The van der Waals surface area contributed by atoms with Crippen molar-refractivity contribution in [3.63, 3.8) is 0 Å². The molecule has 0 aliphatic carbocycles. The van der Waals surface area contributed by atoms with Crippen molar-refractivity contribution in [2.45, 2.75) is 45.3 Å². The number of halogens is 2. The summed E-state index contributed by atoms with van der Waals surface area (Å²) in [6.45, 7) is 3.84. The first kappa shape index (κ1) is 28.5. The number of rotatable bonds is 11. The van der Waals surface area contributed by atoms with Gasteiger partial charge in [0.05, 0.1) is 0 Å². The molecule has 0 radical (unpaired) electrons. The smallest absolute Gasteiger partial charge is 0.261 e. The SMILES string of the molecule is CCC(C)NC(=O)C(Cc1ccccc1)N(Cc1ccc(Cl)cc1Cl)C(=O)COc1cccc2ccccc12. The van der Waals surface area contributed by atoms with Gasteiger partial charge < -0.3 is 15.0 Å². The molecule has 2 amide bonds. The van der Waals surface area contributed by atoms with Crippen LogP contribution in [0.4, 0.5) is 0 Å². The molecule has 0 aromatic heterocycles. The normalized spacial score (nSPS) is 12.5. The van der Waals surface area contributed by atoms with Crippen LogP contribution in [0.3, 0.4) is 0 Å². The van der Waals surface area contributed by atoms with E-state index in [1.165, 1.54) is 0 Å². The topological polar surface area (TPSA) is 58.6 Å². The summed E-state index contributed by atoms with van der Waals surface area (Å²) in [6.07, 6.45) is 1.11. The van der Waals surface area contributed by atoms with Crippen LogP contribution in [0.1, 0.15) is 31.4 Å². The summed E-state index contributed by atoms with van der Waals surface area (Å²) in [5, 5.41) is 5.92. The standard InChI is InChI=1S/C32H32Cl2N2O3/c1-3-22(2)35-32(38)29(18-23-10-5-4-6-11-23)36(20-25-16-17-26(33)19-28(25)34)31(37)21-39-30-15-9-13-24-12-7-8-14-27(24)30/h4-17,19,22,29H,3,18,20-21H2,1-2H3,(H,35,38). The van der Waals surface area contributed by atoms with Gasteiger partial charge in [0.1, 0.15) is 11.8 Å². The molecule has 39 heavy (non-hydrogen) atoms. The predicted molar refractivity (Wildman–Crippen MR) is 158 cm³/mol. The lowest BCUT2D eigenvalue weighted by molar-refractivity contribution is -0.143. The lowest BCUT2D eigenvalue weighted by Crippen LogP contribution is -2.53. The molecule has 7 heteroatoms. The van der Waals surface area contributed by atoms with Crippen LogP contribution < -0.4 is 10.1 Å². The van der Waals surface area contributed by atoms with Crippen molar-refractivity contribution in [3.8, 4) is 5.75 Å². The largest absolute Gasteiger partial charge is 0.483 e. The molecule has 0 bridgehead atoms. The molecule has 2 atom stereocenters. The Hall–Kier alpha value is -3.54. The molecule has 0 saturated heterocycles. The Morgan fingerprint density at radius 2 is 1.64 bits per heavy atom. The number of nitrogens with zero attached hydrogens (tertiary/aromatic N) is 1. The number of ether oxygens (including phenoxy) is 1. The van der Waals surface area contributed by atoms with Crippen molar-refractivity contribution in [1.82, 2.24) is 10.2 Å². The third kappa shape index (κ3) is 7.53. The van der Waals surface area contributed by atoms with Gasteiger partial charge in [-0.3, -0.25) is 9.59 Å². The fraction of sp³-hybridized carbons (Fsp3) is 0.250. The van der Waals surface area contributed by atoms with Gasteiger partial charge >= 0.3 is 0 Å². The first-order valence-electron chi connectivity index (χ1n) is 13.0. The molecular formula is C32H32Cl2N2O3. The summed E-state index contributed by atoms with van der Waals surface area (Å²) in [6, 6.07) is 27.6. The highest BCUT2D eigenvalue weighted by Gasteiger charge is 2.31. The van der Waals surface area contributed by atoms with Gasteiger partial charge in [-0.05, 0) is 48.1 Å². The molecule has 0 saturated carbocycles. The molecule has 0 heterocycles. The van der Waals surface area contributed by atoms with E-state index in [0.717, 1.165) is 22.8 Å². The van der Waals surface area contributed by atoms with E-state index in [2.05, 4.69) is 5.32 Å². The highest BCUT2D eigenvalue weighted by molar-refractivity contribution is 6.35. The minimum atomic E-state index is -0.781. The van der Waals surface area contributed by atoms with E-state index in [4.69, 9.17) is 27.9 Å². The molecule has 0 aliphatic heterocycles. The number of benzene rings is 4. The van der Waals surface area contributed by atoms with Gasteiger partial charge in [0.2, 0.25) is 5.91 Å². The second-order valence-electron chi connectivity index (χ2n) is 9.55. The van der Waals surface area contributed by atoms with Crippen molar-refractivity contribution in [3.05, 3.63) is 112 Å². The number of hydrogen-bond acceptors (Lipinski definition) is 3. The Kier molecular flexibility index (Phi) is 9.85. The number of amides is 2. The average Bonchev–Trinajstić information content (AvgIpc) is 2.95. The van der Waals surface area contributed by atoms with Crippen LogP contribution in [0.5, 0.6) is 5.75 Å². The molecule has 0 spiro atoms. The number of fused-ring (bicyclic) bond motifs is 1. The van der Waals surface area contributed by atoms with Gasteiger partial charge in [0, 0.05) is 34.4 Å². The molecule has 202 valence electrons. The Labute approximate surface area is 239 Å². The highest BCUT2D eigenvalue weighted by atomic mass is 35.5. The van der Waals surface area contributed by atoms with Gasteiger partial charge in [0.25, 0.3) is 5.91 Å². The van der Waals surface area contributed by atoms with Crippen LogP contribution >= 0.6 is 23.2 Å². The van der Waals surface area contributed by atoms with Gasteiger partial charge in [-0.25, -0.2) is 0 Å². The quantitative estimate of drug-likeness (QED) is 0.212. The highest BCUT2D eigenvalue weighted by Crippen LogP contribution is 2.27. The lowest BCUT2D eigenvalue weighted by atomic mass is 10.0. The number of hydrogen-bond donors (Lipinski definition) is 1. The number of carbonyl (C=O) groups excluding carboxylic acids is 2. The van der Waals surface area contributed by atoms with Crippen LogP contribution in [0, 0.1) is 0 Å². The summed E-state index contributed by atoms with van der Waals surface area (Å²) in [4.78, 5) is 29.1. The molecular weight excluding hydrogens is 531 g/mol. The maximum atomic E-state index is 13.9. The maximum absolute atomic E-state index is 13.9. The predicted octanol–water partition coefficient (Wildman–Crippen LogP) is 7.08. The summed E-state index contributed by atoms with van der Waals surface area (Å²) in [5.41, 5.74) is 1.63. The summed E-state index contributed by atoms with van der Waals surface area (Å²) in [5.74, 6) is 0.0561. The molecule has 2 unspecified atom stereocenters. The van der Waals surface area contributed by atoms with Crippen LogP contribution in [-0.4, -0.2) is 35.4 Å². The summed E-state index contributed by atoms with van der Waals surface area (Å²) >= 11 is 12.6. The van der Waals surface area contributed by atoms with Gasteiger partial charge in [-0.2, -0.15) is 0 Å². The molecule has 0 aliphatic rings. The van der Waals surface area contributed by atoms with Gasteiger partial charge in [0.15, 0.2) is 6.61 Å². The first-order valence-corrected chi connectivity index (χ1v) is 13.8.